The lowest BCUT2D eigenvalue weighted by Crippen LogP contribution is -2.51. The Labute approximate surface area is 167 Å². The Morgan fingerprint density at radius 3 is 2.04 bits per heavy atom. The molecule has 0 radical (unpaired) electrons. The Bertz CT molecular complexity index is 723. The van der Waals surface area contributed by atoms with Gasteiger partial charge in [0.25, 0.3) is 0 Å². The van der Waals surface area contributed by atoms with Crippen LogP contribution in [0.15, 0.2) is 60.7 Å². The second-order valence-electron chi connectivity index (χ2n) is 6.63. The molecule has 0 aliphatic rings. The third-order valence-corrected chi connectivity index (χ3v) is 4.57. The second-order valence-corrected chi connectivity index (χ2v) is 6.63. The van der Waals surface area contributed by atoms with Crippen LogP contribution in [0, 0.1) is 5.92 Å². The molecule has 0 saturated carbocycles. The van der Waals surface area contributed by atoms with E-state index in [0.717, 1.165) is 11.3 Å². The van der Waals surface area contributed by atoms with Gasteiger partial charge in [-0.05, 0) is 24.6 Å². The molecule has 5 nitrogen and oxygen atoms in total. The van der Waals surface area contributed by atoms with Crippen molar-refractivity contribution in [2.45, 2.75) is 32.4 Å². The number of amides is 2. The molecule has 0 aromatic heterocycles. The second kappa shape index (κ2) is 10.7. The molecule has 3 N–H and O–H groups in total. The Hall–Kier alpha value is -2.37. The number of benzene rings is 2. The third-order valence-electron chi connectivity index (χ3n) is 4.57. The Morgan fingerprint density at radius 1 is 1.00 bits per heavy atom. The minimum atomic E-state index is -0.656. The van der Waals surface area contributed by atoms with Gasteiger partial charge in [0.15, 0.2) is 0 Å². The monoisotopic (exact) mass is 389 g/mol. The Morgan fingerprint density at radius 2 is 1.52 bits per heavy atom. The summed E-state index contributed by atoms with van der Waals surface area (Å²) in [5.74, 6) is -0.746. The molecule has 0 bridgehead atoms. The first-order valence-corrected chi connectivity index (χ1v) is 8.82. The molecular formula is C21H28ClN3O2. The molecule has 0 fully saturated rings. The van der Waals surface area contributed by atoms with Gasteiger partial charge in [-0.15, -0.1) is 12.4 Å². The summed E-state index contributed by atoms with van der Waals surface area (Å²) in [5.41, 5.74) is 7.61. The van der Waals surface area contributed by atoms with Crippen molar-refractivity contribution < 1.29 is 9.59 Å². The van der Waals surface area contributed by atoms with Crippen LogP contribution in [-0.2, 0) is 16.0 Å². The standard InChI is InChI=1S/C21H27N3O2.ClH/c1-15(16(2)22)20(25)23-19(14-17-10-6-4-7-11-17)21(26)24(3)18-12-8-5-9-13-18;/h4-13,15-16,19H,14,22H2,1-3H3,(H,23,25);1H/t15?,16?,19-;/m0./s1. The Balaban J connectivity index is 0.00000364. The summed E-state index contributed by atoms with van der Waals surface area (Å²) in [6.07, 6.45) is 0.425. The minimum Gasteiger partial charge on any atom is -0.344 e. The van der Waals surface area contributed by atoms with Crippen LogP contribution in [0.1, 0.15) is 19.4 Å². The summed E-state index contributed by atoms with van der Waals surface area (Å²) >= 11 is 0. The predicted molar refractivity (Wildman–Crippen MR) is 112 cm³/mol. The molecule has 2 aromatic rings. The van der Waals surface area contributed by atoms with Crippen molar-refractivity contribution in [2.75, 3.05) is 11.9 Å². The summed E-state index contributed by atoms with van der Waals surface area (Å²) in [4.78, 5) is 27.1. The quantitative estimate of drug-likeness (QED) is 0.764. The summed E-state index contributed by atoms with van der Waals surface area (Å²) < 4.78 is 0. The molecule has 0 aliphatic heterocycles. The molecule has 3 atom stereocenters. The lowest BCUT2D eigenvalue weighted by molar-refractivity contribution is -0.130. The summed E-state index contributed by atoms with van der Waals surface area (Å²) in [5, 5.41) is 2.89. The van der Waals surface area contributed by atoms with Crippen molar-refractivity contribution in [1.82, 2.24) is 5.32 Å². The van der Waals surface area contributed by atoms with Crippen molar-refractivity contribution in [1.29, 1.82) is 0 Å². The van der Waals surface area contributed by atoms with Crippen molar-refractivity contribution in [3.63, 3.8) is 0 Å². The van der Waals surface area contributed by atoms with Crippen LogP contribution in [0.3, 0.4) is 0 Å². The van der Waals surface area contributed by atoms with Crippen molar-refractivity contribution in [3.05, 3.63) is 66.2 Å². The lowest BCUT2D eigenvalue weighted by Gasteiger charge is -2.26. The zero-order valence-corrected chi connectivity index (χ0v) is 16.8. The maximum Gasteiger partial charge on any atom is 0.249 e. The van der Waals surface area contributed by atoms with E-state index in [-0.39, 0.29) is 36.2 Å². The zero-order valence-electron chi connectivity index (χ0n) is 16.0. The number of halogens is 1. The van der Waals surface area contributed by atoms with Crippen molar-refractivity contribution >= 4 is 29.9 Å². The molecule has 0 heterocycles. The topological polar surface area (TPSA) is 75.4 Å². The van der Waals surface area contributed by atoms with Gasteiger partial charge >= 0.3 is 0 Å². The minimum absolute atomic E-state index is 0. The summed E-state index contributed by atoms with van der Waals surface area (Å²) in [6, 6.07) is 18.1. The van der Waals surface area contributed by atoms with E-state index in [1.807, 2.05) is 60.7 Å². The SMILES string of the molecule is CC(N)C(C)C(=O)N[C@@H](Cc1ccccc1)C(=O)N(C)c1ccccc1.Cl. The van der Waals surface area contributed by atoms with Crippen LogP contribution in [-0.4, -0.2) is 30.9 Å². The van der Waals surface area contributed by atoms with E-state index in [2.05, 4.69) is 5.32 Å². The first-order valence-electron chi connectivity index (χ1n) is 8.82. The molecule has 146 valence electrons. The van der Waals surface area contributed by atoms with E-state index in [1.165, 1.54) is 0 Å². The number of carbonyl (C=O) groups is 2. The average molecular weight is 390 g/mol. The van der Waals surface area contributed by atoms with Crippen molar-refractivity contribution in [3.8, 4) is 0 Å². The first-order chi connectivity index (χ1) is 12.4. The molecule has 0 spiro atoms. The largest absolute Gasteiger partial charge is 0.344 e. The van der Waals surface area contributed by atoms with E-state index in [4.69, 9.17) is 5.73 Å². The van der Waals surface area contributed by atoms with Gasteiger partial charge in [0.2, 0.25) is 11.8 Å². The highest BCUT2D eigenvalue weighted by atomic mass is 35.5. The molecule has 0 aliphatic carbocycles. The summed E-state index contributed by atoms with van der Waals surface area (Å²) in [7, 11) is 1.72. The predicted octanol–water partition coefficient (Wildman–Crippen LogP) is 2.78. The zero-order chi connectivity index (χ0) is 19.1. The highest BCUT2D eigenvalue weighted by Crippen LogP contribution is 2.15. The van der Waals surface area contributed by atoms with Crippen LogP contribution >= 0.6 is 12.4 Å². The molecule has 2 amide bonds. The highest BCUT2D eigenvalue weighted by molar-refractivity contribution is 5.99. The fourth-order valence-corrected chi connectivity index (χ4v) is 2.60. The van der Waals surface area contributed by atoms with Crippen LogP contribution < -0.4 is 16.0 Å². The van der Waals surface area contributed by atoms with Crippen LogP contribution in [0.25, 0.3) is 0 Å². The number of para-hydroxylation sites is 1. The average Bonchev–Trinajstić information content (AvgIpc) is 2.67. The number of carbonyl (C=O) groups excluding carboxylic acids is 2. The van der Waals surface area contributed by atoms with Crippen molar-refractivity contribution in [2.24, 2.45) is 11.7 Å². The fourth-order valence-electron chi connectivity index (χ4n) is 2.60. The molecule has 2 unspecified atom stereocenters. The third kappa shape index (κ3) is 6.38. The number of hydrogen-bond donors (Lipinski definition) is 2. The van der Waals surface area contributed by atoms with Gasteiger partial charge in [-0.3, -0.25) is 9.59 Å². The van der Waals surface area contributed by atoms with Gasteiger partial charge in [0.1, 0.15) is 6.04 Å². The number of nitrogens with two attached hydrogens (primary N) is 1. The van der Waals surface area contributed by atoms with E-state index in [1.54, 1.807) is 25.8 Å². The maximum absolute atomic E-state index is 13.1. The van der Waals surface area contributed by atoms with Gasteiger partial charge in [-0.25, -0.2) is 0 Å². The van der Waals surface area contributed by atoms with Gasteiger partial charge < -0.3 is 16.0 Å². The van der Waals surface area contributed by atoms with Crippen LogP contribution in [0.2, 0.25) is 0 Å². The first kappa shape index (κ1) is 22.7. The van der Waals surface area contributed by atoms with Crippen LogP contribution in [0.5, 0.6) is 0 Å². The Kier molecular flexibility index (Phi) is 8.98. The number of hydrogen-bond acceptors (Lipinski definition) is 3. The molecule has 27 heavy (non-hydrogen) atoms. The van der Waals surface area contributed by atoms with Gasteiger partial charge in [-0.1, -0.05) is 55.5 Å². The number of rotatable bonds is 7. The number of nitrogens with one attached hydrogen (secondary N) is 1. The number of nitrogens with zero attached hydrogens (tertiary/aromatic N) is 1. The van der Waals surface area contributed by atoms with E-state index < -0.39 is 6.04 Å². The van der Waals surface area contributed by atoms with E-state index in [9.17, 15) is 9.59 Å². The molecule has 2 rings (SSSR count). The fraction of sp³-hybridized carbons (Fsp3) is 0.333. The number of anilines is 1. The lowest BCUT2D eigenvalue weighted by atomic mass is 10.0. The number of likely N-dealkylation sites (N-methyl/N-ethyl adjacent to an activating group) is 1. The molecule has 0 saturated heterocycles. The van der Waals surface area contributed by atoms with E-state index >= 15 is 0 Å². The molecular weight excluding hydrogens is 362 g/mol. The molecule has 2 aromatic carbocycles. The highest BCUT2D eigenvalue weighted by Gasteiger charge is 2.27. The van der Waals surface area contributed by atoms with Gasteiger partial charge in [0, 0.05) is 31.1 Å². The van der Waals surface area contributed by atoms with E-state index in [0.29, 0.717) is 6.42 Å². The van der Waals surface area contributed by atoms with Gasteiger partial charge in [-0.2, -0.15) is 0 Å². The van der Waals surface area contributed by atoms with Gasteiger partial charge in [0.05, 0.1) is 0 Å². The normalized spacial score (nSPS) is 13.6. The maximum atomic E-state index is 13.1. The molecule has 6 heteroatoms. The summed E-state index contributed by atoms with van der Waals surface area (Å²) in [6.45, 7) is 3.55. The smallest absolute Gasteiger partial charge is 0.249 e. The van der Waals surface area contributed by atoms with Crippen LogP contribution in [0.4, 0.5) is 5.69 Å².